The Morgan fingerprint density at radius 2 is 1.36 bits per heavy atom. The number of carbonyl (C=O) groups is 2. The van der Waals surface area contributed by atoms with Crippen LogP contribution in [0.2, 0.25) is 0 Å². The first-order valence-electron chi connectivity index (χ1n) is 16.5. The van der Waals surface area contributed by atoms with Crippen molar-refractivity contribution in [2.75, 3.05) is 10.8 Å². The molecular weight excluding hydrogens is 607 g/mol. The molecule has 0 spiro atoms. The standard InChI is InChI=1S/C39H45N3O4S/c1-29-20-23-35(24-21-29)47(45,46)42(36-25-30(2)19-22-31(36)3)28-38(43)41(27-33-15-9-5-10-16-33)37(26-32-13-7-4-8-14-32)39(44)40-34-17-11-6-12-18-34/h4-5,7-10,13-16,19-25,34,37H,6,11-12,17-18,26-28H2,1-3H3,(H,40,44). The van der Waals surface area contributed by atoms with Gasteiger partial charge in [0.05, 0.1) is 10.6 Å². The SMILES string of the molecule is Cc1ccc(S(=O)(=O)N(CC(=O)N(Cc2ccccc2)C(Cc2ccccc2)C(=O)NC2CCCCC2)c2cc(C)ccc2C)cc1. The van der Waals surface area contributed by atoms with E-state index in [1.807, 2.05) is 93.6 Å². The van der Waals surface area contributed by atoms with Crippen molar-refractivity contribution in [3.8, 4) is 0 Å². The number of amides is 2. The topological polar surface area (TPSA) is 86.8 Å². The molecule has 0 heterocycles. The van der Waals surface area contributed by atoms with Gasteiger partial charge in [-0.3, -0.25) is 13.9 Å². The number of nitrogens with zero attached hydrogens (tertiary/aromatic N) is 2. The summed E-state index contributed by atoms with van der Waals surface area (Å²) in [5.74, 6) is -0.671. The van der Waals surface area contributed by atoms with Gasteiger partial charge in [0.2, 0.25) is 11.8 Å². The molecule has 7 nitrogen and oxygen atoms in total. The Balaban J connectivity index is 1.57. The van der Waals surface area contributed by atoms with Crippen molar-refractivity contribution in [2.45, 2.75) is 82.8 Å². The van der Waals surface area contributed by atoms with Crippen LogP contribution < -0.4 is 9.62 Å². The second-order valence-corrected chi connectivity index (χ2v) is 14.5. The van der Waals surface area contributed by atoms with E-state index in [0.29, 0.717) is 12.1 Å². The third-order valence-electron chi connectivity index (χ3n) is 8.94. The minimum absolute atomic E-state index is 0.0524. The number of sulfonamides is 1. The molecule has 1 fully saturated rings. The Hall–Kier alpha value is -4.43. The van der Waals surface area contributed by atoms with Crippen LogP contribution >= 0.6 is 0 Å². The third-order valence-corrected chi connectivity index (χ3v) is 10.7. The van der Waals surface area contributed by atoms with Crippen LogP contribution in [0.3, 0.4) is 0 Å². The van der Waals surface area contributed by atoms with Crippen LogP contribution in [0.1, 0.15) is 59.9 Å². The molecule has 1 atom stereocenters. The Labute approximate surface area is 279 Å². The van der Waals surface area contributed by atoms with Gasteiger partial charge in [-0.15, -0.1) is 0 Å². The van der Waals surface area contributed by atoms with Gasteiger partial charge in [-0.05, 0) is 74.1 Å². The molecule has 1 unspecified atom stereocenters. The lowest BCUT2D eigenvalue weighted by molar-refractivity contribution is -0.140. The highest BCUT2D eigenvalue weighted by molar-refractivity contribution is 7.92. The lowest BCUT2D eigenvalue weighted by atomic mass is 9.94. The van der Waals surface area contributed by atoms with Gasteiger partial charge in [-0.1, -0.05) is 110 Å². The zero-order valence-corrected chi connectivity index (χ0v) is 28.4. The summed E-state index contributed by atoms with van der Waals surface area (Å²) in [6.07, 6.45) is 5.39. The molecule has 47 heavy (non-hydrogen) atoms. The summed E-state index contributed by atoms with van der Waals surface area (Å²) in [7, 11) is -4.15. The van der Waals surface area contributed by atoms with Crippen LogP contribution in [0.5, 0.6) is 0 Å². The minimum Gasteiger partial charge on any atom is -0.352 e. The van der Waals surface area contributed by atoms with Crippen molar-refractivity contribution in [1.82, 2.24) is 10.2 Å². The molecule has 4 aromatic carbocycles. The molecule has 2 amide bonds. The summed E-state index contributed by atoms with van der Waals surface area (Å²) in [6, 6.07) is 30.7. The summed E-state index contributed by atoms with van der Waals surface area (Å²) in [5, 5.41) is 3.26. The van der Waals surface area contributed by atoms with E-state index in [1.54, 1.807) is 35.2 Å². The molecule has 0 radical (unpaired) electrons. The number of aryl methyl sites for hydroxylation is 3. The van der Waals surface area contributed by atoms with Gasteiger partial charge in [0.1, 0.15) is 12.6 Å². The third kappa shape index (κ3) is 8.69. The van der Waals surface area contributed by atoms with Crippen LogP contribution in [-0.2, 0) is 32.6 Å². The van der Waals surface area contributed by atoms with E-state index in [9.17, 15) is 18.0 Å². The summed E-state index contributed by atoms with van der Waals surface area (Å²) in [4.78, 5) is 30.6. The van der Waals surface area contributed by atoms with Gasteiger partial charge in [0.15, 0.2) is 0 Å². The maximum Gasteiger partial charge on any atom is 0.264 e. The van der Waals surface area contributed by atoms with Gasteiger partial charge in [-0.25, -0.2) is 8.42 Å². The van der Waals surface area contributed by atoms with Crippen molar-refractivity contribution < 1.29 is 18.0 Å². The van der Waals surface area contributed by atoms with Crippen molar-refractivity contribution in [2.24, 2.45) is 0 Å². The number of hydrogen-bond donors (Lipinski definition) is 1. The maximum atomic E-state index is 14.7. The number of rotatable bonds is 12. The maximum absolute atomic E-state index is 14.7. The van der Waals surface area contributed by atoms with Crippen molar-refractivity contribution in [3.63, 3.8) is 0 Å². The smallest absolute Gasteiger partial charge is 0.264 e. The second kappa shape index (κ2) is 15.4. The van der Waals surface area contributed by atoms with Gasteiger partial charge in [0.25, 0.3) is 10.0 Å². The van der Waals surface area contributed by atoms with Crippen molar-refractivity contribution >= 4 is 27.5 Å². The highest BCUT2D eigenvalue weighted by atomic mass is 32.2. The fraction of sp³-hybridized carbons (Fsp3) is 0.333. The zero-order valence-electron chi connectivity index (χ0n) is 27.6. The average Bonchev–Trinajstić information content (AvgIpc) is 3.08. The van der Waals surface area contributed by atoms with E-state index in [0.717, 1.165) is 59.9 Å². The van der Waals surface area contributed by atoms with Gasteiger partial charge in [0, 0.05) is 19.0 Å². The van der Waals surface area contributed by atoms with Gasteiger partial charge >= 0.3 is 0 Å². The first kappa shape index (κ1) is 33.9. The Kier molecular flexibility index (Phi) is 11.1. The van der Waals surface area contributed by atoms with E-state index < -0.39 is 28.5 Å². The predicted octanol–water partition coefficient (Wildman–Crippen LogP) is 6.90. The van der Waals surface area contributed by atoms with Crippen LogP contribution in [-0.4, -0.2) is 43.8 Å². The lowest BCUT2D eigenvalue weighted by Crippen LogP contribution is -2.55. The quantitative estimate of drug-likeness (QED) is 0.181. The van der Waals surface area contributed by atoms with E-state index >= 15 is 0 Å². The minimum atomic E-state index is -4.15. The number of nitrogens with one attached hydrogen (secondary N) is 1. The molecule has 0 aliphatic heterocycles. The van der Waals surface area contributed by atoms with Crippen molar-refractivity contribution in [1.29, 1.82) is 0 Å². The molecule has 0 bridgehead atoms. The van der Waals surface area contributed by atoms with Crippen LogP contribution in [0, 0.1) is 20.8 Å². The molecule has 5 rings (SSSR count). The van der Waals surface area contributed by atoms with E-state index in [1.165, 1.54) is 4.31 Å². The zero-order chi connectivity index (χ0) is 33.4. The lowest BCUT2D eigenvalue weighted by Gasteiger charge is -2.35. The summed E-state index contributed by atoms with van der Waals surface area (Å²) in [5.41, 5.74) is 4.73. The van der Waals surface area contributed by atoms with E-state index in [4.69, 9.17) is 0 Å². The van der Waals surface area contributed by atoms with E-state index in [2.05, 4.69) is 5.32 Å². The molecule has 4 aromatic rings. The molecule has 1 aliphatic carbocycles. The first-order valence-corrected chi connectivity index (χ1v) is 17.9. The largest absolute Gasteiger partial charge is 0.352 e. The fourth-order valence-corrected chi connectivity index (χ4v) is 7.69. The monoisotopic (exact) mass is 651 g/mol. The van der Waals surface area contributed by atoms with E-state index in [-0.39, 0.29) is 23.4 Å². The highest BCUT2D eigenvalue weighted by Gasteiger charge is 2.35. The number of hydrogen-bond acceptors (Lipinski definition) is 4. The Morgan fingerprint density at radius 3 is 2.00 bits per heavy atom. The molecule has 8 heteroatoms. The summed E-state index contributed by atoms with van der Waals surface area (Å²) in [6.45, 7) is 5.33. The van der Waals surface area contributed by atoms with Gasteiger partial charge in [-0.2, -0.15) is 0 Å². The molecule has 246 valence electrons. The molecule has 1 saturated carbocycles. The Morgan fingerprint density at radius 1 is 0.766 bits per heavy atom. The van der Waals surface area contributed by atoms with Crippen LogP contribution in [0.4, 0.5) is 5.69 Å². The molecule has 0 aromatic heterocycles. The molecule has 1 aliphatic rings. The normalized spacial score (nSPS) is 14.3. The number of benzene rings is 4. The van der Waals surface area contributed by atoms with Crippen LogP contribution in [0.15, 0.2) is 108 Å². The van der Waals surface area contributed by atoms with Crippen LogP contribution in [0.25, 0.3) is 0 Å². The summed E-state index contributed by atoms with van der Waals surface area (Å²) >= 11 is 0. The predicted molar refractivity (Wildman–Crippen MR) is 188 cm³/mol. The second-order valence-electron chi connectivity index (χ2n) is 12.7. The molecule has 0 saturated heterocycles. The molecular formula is C39H45N3O4S. The van der Waals surface area contributed by atoms with Crippen molar-refractivity contribution in [3.05, 3.63) is 131 Å². The Bertz CT molecular complexity index is 1750. The summed E-state index contributed by atoms with van der Waals surface area (Å²) < 4.78 is 29.9. The number of carbonyl (C=O) groups excluding carboxylic acids is 2. The van der Waals surface area contributed by atoms with Gasteiger partial charge < -0.3 is 10.2 Å². The molecule has 1 N–H and O–H groups in total. The average molecular weight is 652 g/mol. The fourth-order valence-electron chi connectivity index (χ4n) is 6.22. The number of anilines is 1. The first-order chi connectivity index (χ1) is 22.6. The highest BCUT2D eigenvalue weighted by Crippen LogP contribution is 2.29.